The predicted octanol–water partition coefficient (Wildman–Crippen LogP) is 6.21. The highest BCUT2D eigenvalue weighted by molar-refractivity contribution is 7.92. The first-order valence-electron chi connectivity index (χ1n) is 8.99. The Kier molecular flexibility index (Phi) is 6.79. The molecule has 1 unspecified atom stereocenters. The second kappa shape index (κ2) is 8.96. The molecule has 0 spiro atoms. The van der Waals surface area contributed by atoms with Crippen molar-refractivity contribution in [3.05, 3.63) is 74.9 Å². The summed E-state index contributed by atoms with van der Waals surface area (Å²) >= 11 is 18.3. The SMILES string of the molecule is CCC(C)c1ccc(S(=O)(=O)Nc2nn(Cc3ccc(Cl)cc3Cl)cc2Cl)cc1. The van der Waals surface area contributed by atoms with Gasteiger partial charge in [-0.3, -0.25) is 9.40 Å². The molecule has 1 heterocycles. The summed E-state index contributed by atoms with van der Waals surface area (Å²) in [5, 5.41) is 5.46. The minimum absolute atomic E-state index is 0.0581. The number of benzene rings is 2. The summed E-state index contributed by atoms with van der Waals surface area (Å²) in [7, 11) is -3.81. The maximum Gasteiger partial charge on any atom is 0.263 e. The van der Waals surface area contributed by atoms with E-state index in [-0.39, 0.29) is 15.7 Å². The molecule has 29 heavy (non-hydrogen) atoms. The molecule has 2 aromatic carbocycles. The Morgan fingerprint density at radius 1 is 1.07 bits per heavy atom. The van der Waals surface area contributed by atoms with Crippen LogP contribution in [0.5, 0.6) is 0 Å². The molecule has 0 saturated heterocycles. The first-order valence-corrected chi connectivity index (χ1v) is 11.6. The smallest absolute Gasteiger partial charge is 0.263 e. The Morgan fingerprint density at radius 2 is 1.76 bits per heavy atom. The predicted molar refractivity (Wildman–Crippen MR) is 119 cm³/mol. The molecule has 1 aromatic heterocycles. The van der Waals surface area contributed by atoms with Crippen molar-refractivity contribution in [1.82, 2.24) is 9.78 Å². The Bertz CT molecular complexity index is 1110. The van der Waals surface area contributed by atoms with E-state index in [1.54, 1.807) is 30.3 Å². The third-order valence-corrected chi connectivity index (χ3v) is 6.89. The molecule has 0 aliphatic rings. The molecule has 9 heteroatoms. The van der Waals surface area contributed by atoms with Crippen LogP contribution in [0.3, 0.4) is 0 Å². The van der Waals surface area contributed by atoms with Crippen LogP contribution < -0.4 is 4.72 Å². The zero-order valence-corrected chi connectivity index (χ0v) is 18.9. The Balaban J connectivity index is 1.79. The zero-order chi connectivity index (χ0) is 21.2. The van der Waals surface area contributed by atoms with Gasteiger partial charge in [-0.05, 0) is 47.7 Å². The van der Waals surface area contributed by atoms with Crippen molar-refractivity contribution in [3.8, 4) is 0 Å². The van der Waals surface area contributed by atoms with Crippen molar-refractivity contribution >= 4 is 50.6 Å². The molecule has 0 amide bonds. The van der Waals surface area contributed by atoms with Crippen LogP contribution in [0.25, 0.3) is 0 Å². The minimum Gasteiger partial charge on any atom is -0.265 e. The summed E-state index contributed by atoms with van der Waals surface area (Å²) in [6.45, 7) is 4.51. The summed E-state index contributed by atoms with van der Waals surface area (Å²) < 4.78 is 29.4. The number of rotatable bonds is 7. The molecule has 1 atom stereocenters. The first-order chi connectivity index (χ1) is 13.7. The number of sulfonamides is 1. The van der Waals surface area contributed by atoms with Gasteiger partial charge in [-0.2, -0.15) is 5.10 Å². The topological polar surface area (TPSA) is 64.0 Å². The van der Waals surface area contributed by atoms with E-state index in [0.717, 1.165) is 17.5 Å². The third kappa shape index (κ3) is 5.25. The fourth-order valence-electron chi connectivity index (χ4n) is 2.77. The number of aromatic nitrogens is 2. The number of halogens is 3. The summed E-state index contributed by atoms with van der Waals surface area (Å²) in [5.41, 5.74) is 1.87. The average molecular weight is 473 g/mol. The zero-order valence-electron chi connectivity index (χ0n) is 15.9. The van der Waals surface area contributed by atoms with E-state index in [4.69, 9.17) is 34.8 Å². The van der Waals surface area contributed by atoms with Gasteiger partial charge in [0.1, 0.15) is 5.02 Å². The minimum atomic E-state index is -3.81. The van der Waals surface area contributed by atoms with Gasteiger partial charge in [0.25, 0.3) is 10.0 Å². The van der Waals surface area contributed by atoms with E-state index in [1.807, 2.05) is 12.1 Å². The average Bonchev–Trinajstić information content (AvgIpc) is 3.02. The van der Waals surface area contributed by atoms with E-state index in [2.05, 4.69) is 23.7 Å². The fraction of sp³-hybridized carbons (Fsp3) is 0.250. The normalized spacial score (nSPS) is 12.7. The van der Waals surface area contributed by atoms with Gasteiger partial charge in [0.15, 0.2) is 5.82 Å². The van der Waals surface area contributed by atoms with E-state index < -0.39 is 10.0 Å². The summed E-state index contributed by atoms with van der Waals surface area (Å²) in [5.74, 6) is 0.423. The lowest BCUT2D eigenvalue weighted by atomic mass is 9.99. The molecule has 0 aliphatic heterocycles. The van der Waals surface area contributed by atoms with Gasteiger partial charge in [0.2, 0.25) is 0 Å². The van der Waals surface area contributed by atoms with Crippen LogP contribution in [0.4, 0.5) is 5.82 Å². The van der Waals surface area contributed by atoms with Crippen LogP contribution in [-0.4, -0.2) is 18.2 Å². The van der Waals surface area contributed by atoms with E-state index in [0.29, 0.717) is 22.5 Å². The van der Waals surface area contributed by atoms with Crippen molar-refractivity contribution in [2.24, 2.45) is 0 Å². The molecule has 3 rings (SSSR count). The Labute approximate surface area is 185 Å². The van der Waals surface area contributed by atoms with Gasteiger partial charge in [0, 0.05) is 16.2 Å². The highest BCUT2D eigenvalue weighted by Crippen LogP contribution is 2.26. The number of hydrogen-bond donors (Lipinski definition) is 1. The number of anilines is 1. The van der Waals surface area contributed by atoms with Crippen molar-refractivity contribution in [2.45, 2.75) is 37.6 Å². The molecule has 1 N–H and O–H groups in total. The van der Waals surface area contributed by atoms with Crippen molar-refractivity contribution in [2.75, 3.05) is 4.72 Å². The molecule has 154 valence electrons. The molecule has 5 nitrogen and oxygen atoms in total. The van der Waals surface area contributed by atoms with E-state index in [1.165, 1.54) is 10.9 Å². The van der Waals surface area contributed by atoms with Gasteiger partial charge in [0.05, 0.1) is 11.4 Å². The van der Waals surface area contributed by atoms with E-state index in [9.17, 15) is 8.42 Å². The lowest BCUT2D eigenvalue weighted by Crippen LogP contribution is -2.14. The number of nitrogens with zero attached hydrogens (tertiary/aromatic N) is 2. The van der Waals surface area contributed by atoms with E-state index >= 15 is 0 Å². The highest BCUT2D eigenvalue weighted by atomic mass is 35.5. The molecule has 3 aromatic rings. The third-order valence-electron chi connectivity index (χ3n) is 4.67. The Hall–Kier alpha value is -1.73. The van der Waals surface area contributed by atoms with Crippen LogP contribution in [0.1, 0.15) is 37.3 Å². The van der Waals surface area contributed by atoms with Crippen molar-refractivity contribution in [1.29, 1.82) is 0 Å². The largest absolute Gasteiger partial charge is 0.265 e. The van der Waals surface area contributed by atoms with Crippen LogP contribution in [0.15, 0.2) is 53.6 Å². The van der Waals surface area contributed by atoms with Gasteiger partial charge < -0.3 is 0 Å². The molecule has 0 fully saturated rings. The van der Waals surface area contributed by atoms with Gasteiger partial charge in [-0.1, -0.05) is 66.8 Å². The van der Waals surface area contributed by atoms with Gasteiger partial charge in [-0.25, -0.2) is 8.42 Å². The molecular weight excluding hydrogens is 453 g/mol. The Morgan fingerprint density at radius 3 is 2.38 bits per heavy atom. The number of nitrogens with one attached hydrogen (secondary N) is 1. The van der Waals surface area contributed by atoms with Crippen molar-refractivity contribution < 1.29 is 8.42 Å². The van der Waals surface area contributed by atoms with Gasteiger partial charge in [-0.15, -0.1) is 0 Å². The monoisotopic (exact) mass is 471 g/mol. The molecule has 0 saturated carbocycles. The second-order valence-corrected chi connectivity index (χ2v) is 9.68. The van der Waals surface area contributed by atoms with Crippen LogP contribution in [0.2, 0.25) is 15.1 Å². The van der Waals surface area contributed by atoms with Crippen molar-refractivity contribution in [3.63, 3.8) is 0 Å². The van der Waals surface area contributed by atoms with Crippen LogP contribution >= 0.6 is 34.8 Å². The lowest BCUT2D eigenvalue weighted by molar-refractivity contribution is 0.600. The molecular formula is C20H20Cl3N3O2S. The number of hydrogen-bond acceptors (Lipinski definition) is 3. The molecule has 0 radical (unpaired) electrons. The fourth-order valence-corrected chi connectivity index (χ4v) is 4.51. The van der Waals surface area contributed by atoms with Gasteiger partial charge >= 0.3 is 0 Å². The quantitative estimate of drug-likeness (QED) is 0.445. The molecule has 0 aliphatic carbocycles. The molecule has 0 bridgehead atoms. The summed E-state index contributed by atoms with van der Waals surface area (Å²) in [6.07, 6.45) is 2.52. The standard InChI is InChI=1S/C20H20Cl3N3O2S/c1-3-13(2)14-5-8-17(9-6-14)29(27,28)25-20-19(23)12-26(24-20)11-15-4-7-16(21)10-18(15)22/h4-10,12-13H,3,11H2,1-2H3,(H,24,25). The maximum absolute atomic E-state index is 12.7. The highest BCUT2D eigenvalue weighted by Gasteiger charge is 2.19. The summed E-state index contributed by atoms with van der Waals surface area (Å²) in [6, 6.07) is 12.0. The van der Waals surface area contributed by atoms with Crippen LogP contribution in [0, 0.1) is 0 Å². The first kappa shape index (κ1) is 22.0. The van der Waals surface area contributed by atoms with Crippen LogP contribution in [-0.2, 0) is 16.6 Å². The summed E-state index contributed by atoms with van der Waals surface area (Å²) in [4.78, 5) is 0.149. The lowest BCUT2D eigenvalue weighted by Gasteiger charge is -2.10. The maximum atomic E-state index is 12.7. The second-order valence-electron chi connectivity index (χ2n) is 6.74.